The second-order valence-electron chi connectivity index (χ2n) is 10.3. The Morgan fingerprint density at radius 3 is 2.39 bits per heavy atom. The number of fused-ring (bicyclic) bond motifs is 1. The lowest BCUT2D eigenvalue weighted by Crippen LogP contribution is -2.48. The second-order valence-corrected chi connectivity index (χ2v) is 10.8. The molecule has 0 aliphatic carbocycles. The molecule has 0 unspecified atom stereocenters. The molecule has 2 aliphatic heterocycles. The van der Waals surface area contributed by atoms with E-state index >= 15 is 0 Å². The van der Waals surface area contributed by atoms with Gasteiger partial charge in [-0.25, -0.2) is 0 Å². The molecule has 0 bridgehead atoms. The largest absolute Gasteiger partial charge is 0.449 e. The molecule has 2 amide bonds. The van der Waals surface area contributed by atoms with Crippen LogP contribution in [0, 0.1) is 6.92 Å². The summed E-state index contributed by atoms with van der Waals surface area (Å²) in [4.78, 5) is 32.7. The molecule has 6 nitrogen and oxygen atoms in total. The van der Waals surface area contributed by atoms with Gasteiger partial charge in [-0.05, 0) is 66.6 Å². The van der Waals surface area contributed by atoms with Crippen molar-refractivity contribution < 1.29 is 14.3 Å². The van der Waals surface area contributed by atoms with Crippen LogP contribution in [0.4, 0.5) is 11.4 Å². The van der Waals surface area contributed by atoms with Crippen molar-refractivity contribution in [2.24, 2.45) is 0 Å². The minimum absolute atomic E-state index is 0.00167. The Kier molecular flexibility index (Phi) is 7.49. The summed E-state index contributed by atoms with van der Waals surface area (Å²) in [6, 6.07) is 30.8. The molecule has 0 atom stereocenters. The molecule has 1 fully saturated rings. The van der Waals surface area contributed by atoms with Crippen molar-refractivity contribution >= 4 is 40.9 Å². The van der Waals surface area contributed by atoms with Crippen LogP contribution in [0.5, 0.6) is 5.75 Å². The lowest BCUT2D eigenvalue weighted by Gasteiger charge is -2.36. The molecule has 0 radical (unpaired) electrons. The van der Waals surface area contributed by atoms with E-state index in [9.17, 15) is 9.59 Å². The number of hydrogen-bond acceptors (Lipinski definition) is 4. The molecule has 0 aromatic heterocycles. The quantitative estimate of drug-likeness (QED) is 0.257. The van der Waals surface area contributed by atoms with Crippen LogP contribution in [0.25, 0.3) is 6.08 Å². The summed E-state index contributed by atoms with van der Waals surface area (Å²) in [6.07, 6.45) is 1.74. The van der Waals surface area contributed by atoms with Gasteiger partial charge in [0.2, 0.25) is 0 Å². The molecule has 2 aliphatic rings. The van der Waals surface area contributed by atoms with E-state index in [4.69, 9.17) is 16.3 Å². The summed E-state index contributed by atoms with van der Waals surface area (Å²) in [5.74, 6) is 0.670. The van der Waals surface area contributed by atoms with Crippen LogP contribution < -0.4 is 14.5 Å². The topological polar surface area (TPSA) is 53.1 Å². The van der Waals surface area contributed by atoms with Crippen molar-refractivity contribution in [2.45, 2.75) is 13.5 Å². The maximum absolute atomic E-state index is 13.6. The number of anilines is 2. The predicted octanol–water partition coefficient (Wildman–Crippen LogP) is 6.58. The fourth-order valence-electron chi connectivity index (χ4n) is 5.31. The van der Waals surface area contributed by atoms with E-state index < -0.39 is 0 Å². The average molecular weight is 564 g/mol. The summed E-state index contributed by atoms with van der Waals surface area (Å²) in [7, 11) is 0. The first-order chi connectivity index (χ1) is 19.9. The highest BCUT2D eigenvalue weighted by Crippen LogP contribution is 2.36. The highest BCUT2D eigenvalue weighted by Gasteiger charge is 2.30. The molecule has 206 valence electrons. The number of para-hydroxylation sites is 2. The molecular formula is C34H30ClN3O3. The van der Waals surface area contributed by atoms with Crippen molar-refractivity contribution in [3.8, 4) is 5.75 Å². The van der Waals surface area contributed by atoms with Gasteiger partial charge in [-0.3, -0.25) is 14.5 Å². The first-order valence-corrected chi connectivity index (χ1v) is 14.1. The molecule has 4 aromatic rings. The van der Waals surface area contributed by atoms with E-state index in [0.29, 0.717) is 36.0 Å². The zero-order valence-corrected chi connectivity index (χ0v) is 23.6. The zero-order chi connectivity index (χ0) is 28.3. The maximum Gasteiger partial charge on any atom is 0.294 e. The van der Waals surface area contributed by atoms with Gasteiger partial charge in [0.15, 0.2) is 11.5 Å². The van der Waals surface area contributed by atoms with Gasteiger partial charge in [-0.1, -0.05) is 71.8 Å². The first kappa shape index (κ1) is 26.7. The predicted molar refractivity (Wildman–Crippen MR) is 163 cm³/mol. The molecule has 0 saturated carbocycles. The second kappa shape index (κ2) is 11.5. The number of amides is 2. The number of carbonyl (C=O) groups is 2. The molecule has 0 N–H and O–H groups in total. The molecule has 4 aromatic carbocycles. The highest BCUT2D eigenvalue weighted by molar-refractivity contribution is 6.30. The van der Waals surface area contributed by atoms with Crippen LogP contribution in [-0.2, 0) is 11.3 Å². The fourth-order valence-corrected chi connectivity index (χ4v) is 5.49. The van der Waals surface area contributed by atoms with Crippen LogP contribution in [0.2, 0.25) is 5.02 Å². The van der Waals surface area contributed by atoms with E-state index in [-0.39, 0.29) is 17.6 Å². The Labute approximate surface area is 245 Å². The summed E-state index contributed by atoms with van der Waals surface area (Å²) in [5, 5.41) is 0.708. The van der Waals surface area contributed by atoms with Crippen LogP contribution >= 0.6 is 11.6 Å². The van der Waals surface area contributed by atoms with Gasteiger partial charge in [0.05, 0.1) is 12.2 Å². The lowest BCUT2D eigenvalue weighted by atomic mass is 10.1. The van der Waals surface area contributed by atoms with Gasteiger partial charge >= 0.3 is 0 Å². The third-order valence-electron chi connectivity index (χ3n) is 7.45. The summed E-state index contributed by atoms with van der Waals surface area (Å²) in [5.41, 5.74) is 5.40. The van der Waals surface area contributed by atoms with Gasteiger partial charge in [0.1, 0.15) is 0 Å². The van der Waals surface area contributed by atoms with Crippen LogP contribution in [0.3, 0.4) is 0 Å². The van der Waals surface area contributed by atoms with Crippen LogP contribution in [0.15, 0.2) is 103 Å². The van der Waals surface area contributed by atoms with Crippen molar-refractivity contribution in [3.05, 3.63) is 130 Å². The average Bonchev–Trinajstić information content (AvgIpc) is 2.99. The number of aryl methyl sites for hydroxylation is 1. The van der Waals surface area contributed by atoms with Gasteiger partial charge in [-0.2, -0.15) is 0 Å². The van der Waals surface area contributed by atoms with Crippen molar-refractivity contribution in [2.75, 3.05) is 36.0 Å². The third-order valence-corrected chi connectivity index (χ3v) is 7.69. The number of benzene rings is 4. The molecular weight excluding hydrogens is 534 g/mol. The maximum atomic E-state index is 13.6. The number of hydrogen-bond donors (Lipinski definition) is 0. The Balaban J connectivity index is 1.16. The van der Waals surface area contributed by atoms with E-state index in [1.807, 2.05) is 103 Å². The monoisotopic (exact) mass is 563 g/mol. The fraction of sp³-hybridized carbons (Fsp3) is 0.176. The van der Waals surface area contributed by atoms with Crippen LogP contribution in [0.1, 0.15) is 27.0 Å². The van der Waals surface area contributed by atoms with E-state index in [1.165, 1.54) is 0 Å². The smallest absolute Gasteiger partial charge is 0.294 e. The number of carbonyl (C=O) groups excluding carboxylic acids is 2. The standard InChI is InChI=1S/C34H30ClN3O3/c1-24-6-4-7-26(20-24)23-38-30-10-2-3-11-31(30)41-32(34(38)40)21-25-12-14-27(15-13-25)33(39)37-18-16-36(17-19-37)29-9-5-8-28(35)22-29/h2-15,20-22H,16-19,23H2,1H3. The Hall–Kier alpha value is -4.55. The summed E-state index contributed by atoms with van der Waals surface area (Å²) < 4.78 is 6.05. The molecule has 6 rings (SSSR count). The molecule has 0 spiro atoms. The van der Waals surface area contributed by atoms with Gasteiger partial charge in [0, 0.05) is 42.5 Å². The number of rotatable bonds is 5. The van der Waals surface area contributed by atoms with Crippen molar-refractivity contribution in [1.29, 1.82) is 0 Å². The lowest BCUT2D eigenvalue weighted by molar-refractivity contribution is -0.117. The number of ether oxygens (including phenoxy) is 1. The van der Waals surface area contributed by atoms with Gasteiger partial charge in [-0.15, -0.1) is 0 Å². The first-order valence-electron chi connectivity index (χ1n) is 13.7. The minimum atomic E-state index is -0.206. The van der Waals surface area contributed by atoms with E-state index in [1.54, 1.807) is 11.0 Å². The number of halogens is 1. The van der Waals surface area contributed by atoms with Crippen molar-refractivity contribution in [3.63, 3.8) is 0 Å². The third kappa shape index (κ3) is 5.83. The Morgan fingerprint density at radius 1 is 0.878 bits per heavy atom. The Bertz CT molecular complexity index is 1620. The molecule has 2 heterocycles. The SMILES string of the molecule is Cc1cccc(CN2C(=O)C(=Cc3ccc(C(=O)N4CCN(c5cccc(Cl)c5)CC4)cc3)Oc3ccccc32)c1. The van der Waals surface area contributed by atoms with Crippen molar-refractivity contribution in [1.82, 2.24) is 4.90 Å². The Morgan fingerprint density at radius 2 is 1.63 bits per heavy atom. The van der Waals surface area contributed by atoms with Gasteiger partial charge < -0.3 is 14.5 Å². The number of nitrogens with zero attached hydrogens (tertiary/aromatic N) is 3. The minimum Gasteiger partial charge on any atom is -0.449 e. The summed E-state index contributed by atoms with van der Waals surface area (Å²) in [6.45, 7) is 5.24. The summed E-state index contributed by atoms with van der Waals surface area (Å²) >= 11 is 6.15. The van der Waals surface area contributed by atoms with Crippen LogP contribution in [-0.4, -0.2) is 42.9 Å². The molecule has 41 heavy (non-hydrogen) atoms. The number of piperazine rings is 1. The van der Waals surface area contributed by atoms with E-state index in [0.717, 1.165) is 41.2 Å². The van der Waals surface area contributed by atoms with Gasteiger partial charge in [0.25, 0.3) is 11.8 Å². The molecule has 7 heteroatoms. The zero-order valence-electron chi connectivity index (χ0n) is 22.8. The molecule has 1 saturated heterocycles. The highest BCUT2D eigenvalue weighted by atomic mass is 35.5. The van der Waals surface area contributed by atoms with E-state index in [2.05, 4.69) is 11.0 Å². The normalized spacial score (nSPS) is 16.0.